The average molecular weight is 325 g/mol. The summed E-state index contributed by atoms with van der Waals surface area (Å²) in [6, 6.07) is 5.65. The minimum Gasteiger partial charge on any atom is -0.368 e. The number of pyridine rings is 1. The summed E-state index contributed by atoms with van der Waals surface area (Å²) in [6.07, 6.45) is 1.81. The van der Waals surface area contributed by atoms with Gasteiger partial charge in [-0.1, -0.05) is 0 Å². The number of piperazine rings is 1. The number of nitrogens with zero attached hydrogens (tertiary/aromatic N) is 2. The second-order valence-corrected chi connectivity index (χ2v) is 5.38. The zero-order chi connectivity index (χ0) is 13.8. The number of anilines is 2. The van der Waals surface area contributed by atoms with Crippen LogP contribution >= 0.6 is 23.7 Å². The molecule has 0 bridgehead atoms. The van der Waals surface area contributed by atoms with Crippen molar-refractivity contribution < 1.29 is 4.79 Å². The molecule has 1 fully saturated rings. The van der Waals surface area contributed by atoms with Gasteiger partial charge in [0.15, 0.2) is 0 Å². The molecule has 0 radical (unpaired) electrons. The van der Waals surface area contributed by atoms with Crippen LogP contribution in [0.4, 0.5) is 11.5 Å². The zero-order valence-corrected chi connectivity index (χ0v) is 13.0. The van der Waals surface area contributed by atoms with Gasteiger partial charge < -0.3 is 15.5 Å². The van der Waals surface area contributed by atoms with Gasteiger partial charge >= 0.3 is 0 Å². The highest BCUT2D eigenvalue weighted by Crippen LogP contribution is 2.16. The molecule has 1 saturated heterocycles. The average Bonchev–Trinajstić information content (AvgIpc) is 3.03. The maximum absolute atomic E-state index is 11.9. The molecule has 0 aliphatic carbocycles. The van der Waals surface area contributed by atoms with Crippen molar-refractivity contribution in [1.29, 1.82) is 0 Å². The van der Waals surface area contributed by atoms with E-state index < -0.39 is 0 Å². The van der Waals surface area contributed by atoms with Gasteiger partial charge in [-0.2, -0.15) is 11.3 Å². The quantitative estimate of drug-likeness (QED) is 0.909. The van der Waals surface area contributed by atoms with Crippen LogP contribution in [-0.4, -0.2) is 37.1 Å². The van der Waals surface area contributed by atoms with E-state index in [-0.39, 0.29) is 18.3 Å². The van der Waals surface area contributed by atoms with Gasteiger partial charge in [-0.05, 0) is 23.6 Å². The Balaban J connectivity index is 0.00000161. The van der Waals surface area contributed by atoms with E-state index in [0.29, 0.717) is 11.4 Å². The number of carbonyl (C=O) groups excluding carboxylic acids is 1. The molecule has 1 aliphatic rings. The summed E-state index contributed by atoms with van der Waals surface area (Å²) in [5, 5.41) is 9.83. The first kappa shape index (κ1) is 15.8. The van der Waals surface area contributed by atoms with Gasteiger partial charge in [-0.15, -0.1) is 12.4 Å². The fourth-order valence-corrected chi connectivity index (χ4v) is 2.79. The SMILES string of the molecule is Cl.O=C(Nc1ccc(N2CCNCC2)cn1)c1ccsc1. The normalized spacial score (nSPS) is 14.4. The monoisotopic (exact) mass is 324 g/mol. The molecular formula is C14H17ClN4OS. The highest BCUT2D eigenvalue weighted by Gasteiger charge is 2.11. The van der Waals surface area contributed by atoms with Crippen molar-refractivity contribution in [2.45, 2.75) is 0 Å². The van der Waals surface area contributed by atoms with E-state index >= 15 is 0 Å². The highest BCUT2D eigenvalue weighted by molar-refractivity contribution is 7.08. The third-order valence-electron chi connectivity index (χ3n) is 3.25. The number of thiophene rings is 1. The number of aromatic nitrogens is 1. The van der Waals surface area contributed by atoms with Gasteiger partial charge in [-0.3, -0.25) is 4.79 Å². The van der Waals surface area contributed by atoms with Crippen LogP contribution in [0.1, 0.15) is 10.4 Å². The first-order valence-electron chi connectivity index (χ1n) is 6.58. The first-order chi connectivity index (χ1) is 9.83. The summed E-state index contributed by atoms with van der Waals surface area (Å²) in [4.78, 5) is 18.5. The van der Waals surface area contributed by atoms with Gasteiger partial charge in [0.1, 0.15) is 5.82 Å². The van der Waals surface area contributed by atoms with Crippen LogP contribution in [-0.2, 0) is 0 Å². The fraction of sp³-hybridized carbons (Fsp3) is 0.286. The molecule has 0 spiro atoms. The smallest absolute Gasteiger partial charge is 0.257 e. The van der Waals surface area contributed by atoms with Gasteiger partial charge in [0.2, 0.25) is 0 Å². The van der Waals surface area contributed by atoms with E-state index in [1.807, 2.05) is 29.1 Å². The minimum absolute atomic E-state index is 0. The third kappa shape index (κ3) is 3.93. The molecule has 0 aromatic carbocycles. The van der Waals surface area contributed by atoms with Crippen LogP contribution in [0.25, 0.3) is 0 Å². The van der Waals surface area contributed by atoms with E-state index in [4.69, 9.17) is 0 Å². The Morgan fingerprint density at radius 1 is 1.29 bits per heavy atom. The Morgan fingerprint density at radius 3 is 2.71 bits per heavy atom. The largest absolute Gasteiger partial charge is 0.368 e. The molecule has 0 unspecified atom stereocenters. The van der Waals surface area contributed by atoms with E-state index in [9.17, 15) is 4.79 Å². The third-order valence-corrected chi connectivity index (χ3v) is 3.94. The highest BCUT2D eigenvalue weighted by atomic mass is 35.5. The molecule has 112 valence electrons. The number of amides is 1. The summed E-state index contributed by atoms with van der Waals surface area (Å²) < 4.78 is 0. The lowest BCUT2D eigenvalue weighted by Gasteiger charge is -2.29. The molecule has 1 aliphatic heterocycles. The van der Waals surface area contributed by atoms with Crippen molar-refractivity contribution in [3.05, 3.63) is 40.7 Å². The Labute approximate surface area is 133 Å². The second kappa shape index (κ2) is 7.40. The molecule has 0 atom stereocenters. The molecule has 2 aromatic heterocycles. The van der Waals surface area contributed by atoms with Gasteiger partial charge in [0.25, 0.3) is 5.91 Å². The maximum Gasteiger partial charge on any atom is 0.257 e. The van der Waals surface area contributed by atoms with Crippen molar-refractivity contribution in [3.8, 4) is 0 Å². The van der Waals surface area contributed by atoms with Crippen LogP contribution in [0.2, 0.25) is 0 Å². The van der Waals surface area contributed by atoms with E-state index in [2.05, 4.69) is 20.5 Å². The standard InChI is InChI=1S/C14H16N4OS.ClH/c19-14(11-3-8-20-10-11)17-13-2-1-12(9-16-13)18-6-4-15-5-7-18;/h1-3,8-10,15H,4-7H2,(H,16,17,19);1H. The second-order valence-electron chi connectivity index (χ2n) is 4.60. The molecule has 7 heteroatoms. The fourth-order valence-electron chi connectivity index (χ4n) is 2.15. The number of rotatable bonds is 3. The Hall–Kier alpha value is -1.63. The van der Waals surface area contributed by atoms with Crippen molar-refractivity contribution in [1.82, 2.24) is 10.3 Å². The Morgan fingerprint density at radius 2 is 2.10 bits per heavy atom. The van der Waals surface area contributed by atoms with Crippen molar-refractivity contribution >= 4 is 41.2 Å². The number of nitrogens with one attached hydrogen (secondary N) is 2. The van der Waals surface area contributed by atoms with Gasteiger partial charge in [0, 0.05) is 31.6 Å². The molecular weight excluding hydrogens is 308 g/mol. The predicted molar refractivity (Wildman–Crippen MR) is 88.8 cm³/mol. The van der Waals surface area contributed by atoms with Crippen LogP contribution in [0.15, 0.2) is 35.2 Å². The van der Waals surface area contributed by atoms with Crippen LogP contribution in [0.3, 0.4) is 0 Å². The Bertz CT molecular complexity index is 567. The molecule has 2 aromatic rings. The lowest BCUT2D eigenvalue weighted by atomic mass is 10.3. The zero-order valence-electron chi connectivity index (χ0n) is 11.4. The minimum atomic E-state index is -0.117. The number of halogens is 1. The van der Waals surface area contributed by atoms with E-state index in [1.54, 1.807) is 6.07 Å². The Kier molecular flexibility index (Phi) is 5.55. The lowest BCUT2D eigenvalue weighted by Crippen LogP contribution is -2.43. The van der Waals surface area contributed by atoms with E-state index in [1.165, 1.54) is 11.3 Å². The van der Waals surface area contributed by atoms with Crippen molar-refractivity contribution in [2.24, 2.45) is 0 Å². The molecule has 0 saturated carbocycles. The molecule has 21 heavy (non-hydrogen) atoms. The van der Waals surface area contributed by atoms with Crippen LogP contribution in [0.5, 0.6) is 0 Å². The molecule has 3 rings (SSSR count). The summed E-state index contributed by atoms with van der Waals surface area (Å²) in [6.45, 7) is 3.97. The van der Waals surface area contributed by atoms with Crippen LogP contribution < -0.4 is 15.5 Å². The first-order valence-corrected chi connectivity index (χ1v) is 7.52. The van der Waals surface area contributed by atoms with Gasteiger partial charge in [0.05, 0.1) is 17.4 Å². The summed E-state index contributed by atoms with van der Waals surface area (Å²) in [5.41, 5.74) is 1.77. The van der Waals surface area contributed by atoms with Crippen molar-refractivity contribution in [3.63, 3.8) is 0 Å². The predicted octanol–water partition coefficient (Wildman–Crippen LogP) is 2.23. The molecule has 5 nitrogen and oxygen atoms in total. The lowest BCUT2D eigenvalue weighted by molar-refractivity contribution is 0.102. The summed E-state index contributed by atoms with van der Waals surface area (Å²) in [7, 11) is 0. The number of carbonyl (C=O) groups is 1. The topological polar surface area (TPSA) is 57.3 Å². The molecule has 2 N–H and O–H groups in total. The van der Waals surface area contributed by atoms with E-state index in [0.717, 1.165) is 31.9 Å². The van der Waals surface area contributed by atoms with Crippen LogP contribution in [0, 0.1) is 0 Å². The molecule has 1 amide bonds. The number of hydrogen-bond acceptors (Lipinski definition) is 5. The summed E-state index contributed by atoms with van der Waals surface area (Å²) in [5.74, 6) is 0.466. The number of hydrogen-bond donors (Lipinski definition) is 2. The van der Waals surface area contributed by atoms with Crippen molar-refractivity contribution in [2.75, 3.05) is 36.4 Å². The molecule has 3 heterocycles. The van der Waals surface area contributed by atoms with Gasteiger partial charge in [-0.25, -0.2) is 4.98 Å². The summed E-state index contributed by atoms with van der Waals surface area (Å²) >= 11 is 1.51. The maximum atomic E-state index is 11.9.